The third kappa shape index (κ3) is 6.89. The van der Waals surface area contributed by atoms with Gasteiger partial charge in [-0.25, -0.2) is 8.42 Å². The minimum atomic E-state index is -3.16. The van der Waals surface area contributed by atoms with Crippen LogP contribution in [0.2, 0.25) is 0 Å². The van der Waals surface area contributed by atoms with Crippen LogP contribution in [0, 0.1) is 5.92 Å². The van der Waals surface area contributed by atoms with Crippen LogP contribution in [0.25, 0.3) is 0 Å². The predicted molar refractivity (Wildman–Crippen MR) is 93.5 cm³/mol. The number of amides is 1. The number of sulfone groups is 1. The topological polar surface area (TPSA) is 75.3 Å². The van der Waals surface area contributed by atoms with Gasteiger partial charge < -0.3 is 10.6 Å². The normalized spacial score (nSPS) is 15.7. The largest absolute Gasteiger partial charge is 0.352 e. The second-order valence-corrected chi connectivity index (χ2v) is 7.94. The van der Waals surface area contributed by atoms with Crippen LogP contribution in [-0.2, 0) is 21.2 Å². The van der Waals surface area contributed by atoms with Crippen molar-refractivity contribution >= 4 is 28.2 Å². The molecule has 1 aliphatic rings. The maximum atomic E-state index is 11.9. The molecule has 1 aromatic rings. The van der Waals surface area contributed by atoms with Gasteiger partial charge in [0.1, 0.15) is 0 Å². The van der Waals surface area contributed by atoms with Crippen LogP contribution in [-0.4, -0.2) is 33.7 Å². The third-order valence-electron chi connectivity index (χ3n) is 4.08. The van der Waals surface area contributed by atoms with E-state index in [1.54, 1.807) is 24.3 Å². The maximum Gasteiger partial charge on any atom is 0.220 e. The standard InChI is InChI=1S/C16H24N2O3S.ClH/c1-22(20,21)15-5-2-14(3-6-15)12-18-16(19)7-4-13-8-10-17-11-9-13;/h2-3,5-6,13,17H,4,7-12H2,1H3,(H,18,19);1H. The van der Waals surface area contributed by atoms with Gasteiger partial charge in [-0.15, -0.1) is 12.4 Å². The first-order valence-electron chi connectivity index (χ1n) is 7.71. The molecule has 0 unspecified atom stereocenters. The van der Waals surface area contributed by atoms with Crippen LogP contribution in [0.3, 0.4) is 0 Å². The van der Waals surface area contributed by atoms with Gasteiger partial charge in [-0.1, -0.05) is 12.1 Å². The molecule has 130 valence electrons. The van der Waals surface area contributed by atoms with Gasteiger partial charge in [-0.2, -0.15) is 0 Å². The van der Waals surface area contributed by atoms with Crippen LogP contribution in [0.1, 0.15) is 31.2 Å². The summed E-state index contributed by atoms with van der Waals surface area (Å²) in [6, 6.07) is 6.63. The summed E-state index contributed by atoms with van der Waals surface area (Å²) in [7, 11) is -3.16. The molecular formula is C16H25ClN2O3S. The minimum absolute atomic E-state index is 0. The number of hydrogen-bond acceptors (Lipinski definition) is 4. The average molecular weight is 361 g/mol. The molecule has 2 rings (SSSR count). The van der Waals surface area contributed by atoms with Crippen molar-refractivity contribution in [3.8, 4) is 0 Å². The van der Waals surface area contributed by atoms with E-state index in [1.165, 1.54) is 6.26 Å². The first-order valence-corrected chi connectivity index (χ1v) is 9.61. The Morgan fingerprint density at radius 2 is 1.83 bits per heavy atom. The van der Waals surface area contributed by atoms with Gasteiger partial charge in [0.2, 0.25) is 5.91 Å². The monoisotopic (exact) mass is 360 g/mol. The van der Waals surface area contributed by atoms with Gasteiger partial charge in [0.25, 0.3) is 0 Å². The van der Waals surface area contributed by atoms with E-state index in [4.69, 9.17) is 0 Å². The summed E-state index contributed by atoms with van der Waals surface area (Å²) < 4.78 is 22.7. The molecule has 5 nitrogen and oxygen atoms in total. The molecule has 1 heterocycles. The smallest absolute Gasteiger partial charge is 0.220 e. The van der Waals surface area contributed by atoms with E-state index in [-0.39, 0.29) is 18.3 Å². The fraction of sp³-hybridized carbons (Fsp3) is 0.562. The second-order valence-electron chi connectivity index (χ2n) is 5.92. The molecule has 7 heteroatoms. The molecule has 2 N–H and O–H groups in total. The molecule has 1 fully saturated rings. The van der Waals surface area contributed by atoms with Crippen molar-refractivity contribution < 1.29 is 13.2 Å². The number of nitrogens with one attached hydrogen (secondary N) is 2. The fourth-order valence-electron chi connectivity index (χ4n) is 2.65. The zero-order valence-corrected chi connectivity index (χ0v) is 15.0. The van der Waals surface area contributed by atoms with Crippen molar-refractivity contribution in [2.45, 2.75) is 37.1 Å². The van der Waals surface area contributed by atoms with Crippen molar-refractivity contribution in [2.75, 3.05) is 19.3 Å². The quantitative estimate of drug-likeness (QED) is 0.812. The second kappa shape index (κ2) is 9.25. The Kier molecular flexibility index (Phi) is 8.02. The van der Waals surface area contributed by atoms with Crippen molar-refractivity contribution in [3.63, 3.8) is 0 Å². The summed E-state index contributed by atoms with van der Waals surface area (Å²) in [5.74, 6) is 0.715. The van der Waals surface area contributed by atoms with Gasteiger partial charge >= 0.3 is 0 Å². The van der Waals surface area contributed by atoms with Crippen LogP contribution in [0.5, 0.6) is 0 Å². The van der Waals surface area contributed by atoms with E-state index in [1.807, 2.05) is 0 Å². The lowest BCUT2D eigenvalue weighted by atomic mass is 9.93. The Labute approximate surface area is 144 Å². The van der Waals surface area contributed by atoms with E-state index in [2.05, 4.69) is 10.6 Å². The van der Waals surface area contributed by atoms with Crippen molar-refractivity contribution in [1.82, 2.24) is 10.6 Å². The summed E-state index contributed by atoms with van der Waals surface area (Å²) in [6.07, 6.45) is 5.00. The first-order chi connectivity index (χ1) is 10.4. The van der Waals surface area contributed by atoms with Crippen LogP contribution < -0.4 is 10.6 Å². The van der Waals surface area contributed by atoms with Crippen molar-refractivity contribution in [1.29, 1.82) is 0 Å². The molecule has 0 aromatic heterocycles. The molecule has 1 aliphatic heterocycles. The van der Waals surface area contributed by atoms with E-state index in [0.29, 0.717) is 23.8 Å². The number of carbonyl (C=O) groups is 1. The van der Waals surface area contributed by atoms with E-state index in [9.17, 15) is 13.2 Å². The molecule has 1 amide bonds. The van der Waals surface area contributed by atoms with Gasteiger partial charge in [0, 0.05) is 19.2 Å². The molecule has 0 atom stereocenters. The molecular weight excluding hydrogens is 336 g/mol. The highest BCUT2D eigenvalue weighted by atomic mass is 35.5. The fourth-order valence-corrected chi connectivity index (χ4v) is 3.28. The number of halogens is 1. The van der Waals surface area contributed by atoms with Crippen LogP contribution >= 0.6 is 12.4 Å². The van der Waals surface area contributed by atoms with E-state index < -0.39 is 9.84 Å². The Balaban J connectivity index is 0.00000264. The summed E-state index contributed by atoms with van der Waals surface area (Å²) in [6.45, 7) is 2.55. The number of rotatable bonds is 6. The summed E-state index contributed by atoms with van der Waals surface area (Å²) in [5.41, 5.74) is 0.905. The first kappa shape index (κ1) is 19.9. The van der Waals surface area contributed by atoms with E-state index in [0.717, 1.165) is 37.9 Å². The molecule has 0 radical (unpaired) electrons. The van der Waals surface area contributed by atoms with Crippen LogP contribution in [0.15, 0.2) is 29.2 Å². The molecule has 1 saturated heterocycles. The Bertz CT molecular complexity index is 596. The summed E-state index contributed by atoms with van der Waals surface area (Å²) >= 11 is 0. The molecule has 0 saturated carbocycles. The Morgan fingerprint density at radius 1 is 1.22 bits per heavy atom. The summed E-state index contributed by atoms with van der Waals surface area (Å²) in [4.78, 5) is 12.2. The predicted octanol–water partition coefficient (Wildman–Crippen LogP) is 1.91. The van der Waals surface area contributed by atoms with Crippen LogP contribution in [0.4, 0.5) is 0 Å². The SMILES string of the molecule is CS(=O)(=O)c1ccc(CNC(=O)CCC2CCNCC2)cc1.Cl. The molecule has 0 aliphatic carbocycles. The molecule has 0 bridgehead atoms. The average Bonchev–Trinajstić information content (AvgIpc) is 2.51. The van der Waals surface area contributed by atoms with E-state index >= 15 is 0 Å². The van der Waals surface area contributed by atoms with Gasteiger partial charge in [-0.3, -0.25) is 4.79 Å². The van der Waals surface area contributed by atoms with Gasteiger partial charge in [0.15, 0.2) is 9.84 Å². The van der Waals surface area contributed by atoms with Gasteiger partial charge in [0.05, 0.1) is 4.90 Å². The Morgan fingerprint density at radius 3 is 2.39 bits per heavy atom. The number of benzene rings is 1. The Hall–Kier alpha value is -1.11. The molecule has 23 heavy (non-hydrogen) atoms. The highest BCUT2D eigenvalue weighted by Gasteiger charge is 2.14. The molecule has 1 aromatic carbocycles. The van der Waals surface area contributed by atoms with Gasteiger partial charge in [-0.05, 0) is 56.0 Å². The highest BCUT2D eigenvalue weighted by Crippen LogP contribution is 2.17. The van der Waals surface area contributed by atoms with Crippen molar-refractivity contribution in [2.24, 2.45) is 5.92 Å². The number of hydrogen-bond donors (Lipinski definition) is 2. The lowest BCUT2D eigenvalue weighted by Gasteiger charge is -2.22. The zero-order valence-electron chi connectivity index (χ0n) is 13.4. The zero-order chi connectivity index (χ0) is 16.0. The minimum Gasteiger partial charge on any atom is -0.352 e. The third-order valence-corrected chi connectivity index (χ3v) is 5.21. The lowest BCUT2D eigenvalue weighted by molar-refractivity contribution is -0.121. The highest BCUT2D eigenvalue weighted by molar-refractivity contribution is 7.90. The van der Waals surface area contributed by atoms with Crippen molar-refractivity contribution in [3.05, 3.63) is 29.8 Å². The maximum absolute atomic E-state index is 11.9. The molecule has 0 spiro atoms. The lowest BCUT2D eigenvalue weighted by Crippen LogP contribution is -2.29. The number of piperidine rings is 1. The number of carbonyl (C=O) groups excluding carboxylic acids is 1. The summed E-state index contributed by atoms with van der Waals surface area (Å²) in [5, 5.41) is 6.21.